The van der Waals surface area contributed by atoms with Crippen molar-refractivity contribution in [1.29, 1.82) is 0 Å². The first kappa shape index (κ1) is 13.3. The Morgan fingerprint density at radius 2 is 2.39 bits per heavy atom. The monoisotopic (exact) mass is 313 g/mol. The minimum atomic E-state index is -0.405. The molecule has 2 unspecified atom stereocenters. The van der Waals surface area contributed by atoms with Crippen LogP contribution >= 0.6 is 15.9 Å². The van der Waals surface area contributed by atoms with E-state index in [1.54, 1.807) is 6.20 Å². The molecule has 0 spiro atoms. The lowest BCUT2D eigenvalue weighted by atomic mass is 10.1. The van der Waals surface area contributed by atoms with E-state index in [2.05, 4.69) is 33.2 Å². The molecule has 18 heavy (non-hydrogen) atoms. The summed E-state index contributed by atoms with van der Waals surface area (Å²) in [4.78, 5) is 14.6. The summed E-state index contributed by atoms with van der Waals surface area (Å²) < 4.78 is 0.620. The lowest BCUT2D eigenvalue weighted by Crippen LogP contribution is -2.13. The Bertz CT molecular complexity index is 453. The standard InChI is InChI=1S/C12H16BrN3O2/c1-8-2-3-9(4-8)6-14-12-11(16(17)18)5-10(13)7-15-12/h5,7-9H,2-4,6H2,1H3,(H,14,15). The van der Waals surface area contributed by atoms with Crippen molar-refractivity contribution < 1.29 is 4.92 Å². The molecule has 0 radical (unpaired) electrons. The fraction of sp³-hybridized carbons (Fsp3) is 0.583. The summed E-state index contributed by atoms with van der Waals surface area (Å²) in [6.45, 7) is 3.01. The summed E-state index contributed by atoms with van der Waals surface area (Å²) in [7, 11) is 0. The molecule has 1 N–H and O–H groups in total. The molecule has 0 bridgehead atoms. The number of nitrogens with zero attached hydrogens (tertiary/aromatic N) is 2. The van der Waals surface area contributed by atoms with Crippen LogP contribution in [0.15, 0.2) is 16.7 Å². The van der Waals surface area contributed by atoms with Gasteiger partial charge in [0.15, 0.2) is 0 Å². The number of hydrogen-bond acceptors (Lipinski definition) is 4. The summed E-state index contributed by atoms with van der Waals surface area (Å²) in [5.41, 5.74) is 0.0235. The Balaban J connectivity index is 2.02. The van der Waals surface area contributed by atoms with Crippen molar-refractivity contribution in [3.8, 4) is 0 Å². The van der Waals surface area contributed by atoms with Crippen molar-refractivity contribution in [3.05, 3.63) is 26.9 Å². The van der Waals surface area contributed by atoms with Gasteiger partial charge in [-0.1, -0.05) is 13.3 Å². The number of anilines is 1. The first-order chi connectivity index (χ1) is 8.56. The molecule has 0 aromatic carbocycles. The van der Waals surface area contributed by atoms with Crippen LogP contribution in [0.5, 0.6) is 0 Å². The largest absolute Gasteiger partial charge is 0.364 e. The molecule has 0 aliphatic heterocycles. The first-order valence-electron chi connectivity index (χ1n) is 6.10. The van der Waals surface area contributed by atoms with E-state index in [-0.39, 0.29) is 5.69 Å². The number of hydrogen-bond donors (Lipinski definition) is 1. The average Bonchev–Trinajstić information content (AvgIpc) is 2.73. The molecule has 1 aromatic rings. The van der Waals surface area contributed by atoms with E-state index < -0.39 is 4.92 Å². The molecule has 1 aromatic heterocycles. The summed E-state index contributed by atoms with van der Waals surface area (Å²) in [6.07, 6.45) is 5.21. The Morgan fingerprint density at radius 3 is 3.00 bits per heavy atom. The van der Waals surface area contributed by atoms with Gasteiger partial charge in [-0.05, 0) is 40.6 Å². The van der Waals surface area contributed by atoms with Crippen molar-refractivity contribution in [1.82, 2.24) is 4.98 Å². The maximum Gasteiger partial charge on any atom is 0.312 e. The van der Waals surface area contributed by atoms with Gasteiger partial charge in [0.25, 0.3) is 0 Å². The van der Waals surface area contributed by atoms with Gasteiger partial charge >= 0.3 is 5.69 Å². The minimum Gasteiger partial charge on any atom is -0.364 e. The number of nitrogens with one attached hydrogen (secondary N) is 1. The van der Waals surface area contributed by atoms with Crippen LogP contribution in [0.2, 0.25) is 0 Å². The zero-order chi connectivity index (χ0) is 13.1. The summed E-state index contributed by atoms with van der Waals surface area (Å²) in [5.74, 6) is 1.73. The lowest BCUT2D eigenvalue weighted by molar-refractivity contribution is -0.384. The molecular formula is C12H16BrN3O2. The van der Waals surface area contributed by atoms with Crippen LogP contribution in [0.4, 0.5) is 11.5 Å². The van der Waals surface area contributed by atoms with Gasteiger partial charge in [-0.3, -0.25) is 10.1 Å². The van der Waals surface area contributed by atoms with Gasteiger partial charge < -0.3 is 5.32 Å². The van der Waals surface area contributed by atoms with E-state index >= 15 is 0 Å². The second-order valence-corrected chi connectivity index (χ2v) is 5.86. The summed E-state index contributed by atoms with van der Waals surface area (Å²) in [6, 6.07) is 1.48. The van der Waals surface area contributed by atoms with Crippen molar-refractivity contribution in [2.24, 2.45) is 11.8 Å². The second-order valence-electron chi connectivity index (χ2n) is 4.94. The van der Waals surface area contributed by atoms with Gasteiger partial charge in [0.05, 0.1) is 4.92 Å². The van der Waals surface area contributed by atoms with Gasteiger partial charge in [0.1, 0.15) is 0 Å². The Morgan fingerprint density at radius 1 is 1.61 bits per heavy atom. The Hall–Kier alpha value is -1.17. The molecule has 6 heteroatoms. The number of halogens is 1. The number of rotatable bonds is 4. The van der Waals surface area contributed by atoms with E-state index in [0.717, 1.165) is 12.5 Å². The predicted molar refractivity (Wildman–Crippen MR) is 73.6 cm³/mol. The van der Waals surface area contributed by atoms with Gasteiger partial charge in [0.2, 0.25) is 5.82 Å². The molecular weight excluding hydrogens is 298 g/mol. The van der Waals surface area contributed by atoms with E-state index in [4.69, 9.17) is 0 Å². The van der Waals surface area contributed by atoms with Crippen molar-refractivity contribution >= 4 is 27.4 Å². The van der Waals surface area contributed by atoms with Crippen molar-refractivity contribution in [2.75, 3.05) is 11.9 Å². The molecule has 2 rings (SSSR count). The van der Waals surface area contributed by atoms with Crippen LogP contribution in [-0.2, 0) is 0 Å². The highest BCUT2D eigenvalue weighted by Crippen LogP contribution is 2.31. The van der Waals surface area contributed by atoms with Crippen LogP contribution in [-0.4, -0.2) is 16.5 Å². The topological polar surface area (TPSA) is 68.1 Å². The number of pyridine rings is 1. The fourth-order valence-electron chi connectivity index (χ4n) is 2.46. The van der Waals surface area contributed by atoms with Crippen LogP contribution in [0, 0.1) is 22.0 Å². The third kappa shape index (κ3) is 3.19. The first-order valence-corrected chi connectivity index (χ1v) is 6.89. The Kier molecular flexibility index (Phi) is 4.16. The lowest BCUT2D eigenvalue weighted by Gasteiger charge is -2.11. The van der Waals surface area contributed by atoms with Crippen LogP contribution in [0.3, 0.4) is 0 Å². The maximum atomic E-state index is 10.9. The number of nitro groups is 1. The SMILES string of the molecule is CC1CCC(CNc2ncc(Br)cc2[N+](=O)[O-])C1. The van der Waals surface area contributed by atoms with Gasteiger partial charge in [-0.25, -0.2) is 4.98 Å². The highest BCUT2D eigenvalue weighted by Gasteiger charge is 2.22. The molecule has 2 atom stereocenters. The van der Waals surface area contributed by atoms with Gasteiger partial charge in [0, 0.05) is 23.3 Å². The summed E-state index contributed by atoms with van der Waals surface area (Å²) >= 11 is 3.20. The van der Waals surface area contributed by atoms with Gasteiger partial charge in [-0.2, -0.15) is 0 Å². The third-order valence-electron chi connectivity index (χ3n) is 3.39. The predicted octanol–water partition coefficient (Wildman–Crippen LogP) is 3.60. The second kappa shape index (κ2) is 5.65. The zero-order valence-electron chi connectivity index (χ0n) is 10.2. The van der Waals surface area contributed by atoms with E-state index in [1.807, 2.05) is 0 Å². The van der Waals surface area contributed by atoms with E-state index in [1.165, 1.54) is 25.3 Å². The smallest absolute Gasteiger partial charge is 0.312 e. The molecule has 1 heterocycles. The molecule has 0 saturated heterocycles. The molecule has 1 aliphatic carbocycles. The highest BCUT2D eigenvalue weighted by atomic mass is 79.9. The van der Waals surface area contributed by atoms with Crippen LogP contribution in [0.25, 0.3) is 0 Å². The third-order valence-corrected chi connectivity index (χ3v) is 3.83. The molecule has 5 nitrogen and oxygen atoms in total. The molecule has 0 amide bonds. The number of aromatic nitrogens is 1. The summed E-state index contributed by atoms with van der Waals surface area (Å²) in [5, 5.41) is 14.0. The van der Waals surface area contributed by atoms with E-state index in [0.29, 0.717) is 16.2 Å². The maximum absolute atomic E-state index is 10.9. The van der Waals surface area contributed by atoms with Crippen molar-refractivity contribution in [3.63, 3.8) is 0 Å². The normalized spacial score (nSPS) is 23.0. The zero-order valence-corrected chi connectivity index (χ0v) is 11.8. The quantitative estimate of drug-likeness (QED) is 0.681. The fourth-order valence-corrected chi connectivity index (χ4v) is 2.77. The molecule has 1 aliphatic rings. The molecule has 98 valence electrons. The Labute approximate surface area is 114 Å². The minimum absolute atomic E-state index is 0.0235. The average molecular weight is 314 g/mol. The van der Waals surface area contributed by atoms with Crippen molar-refractivity contribution in [2.45, 2.75) is 26.2 Å². The molecule has 1 saturated carbocycles. The van der Waals surface area contributed by atoms with Gasteiger partial charge in [-0.15, -0.1) is 0 Å². The van der Waals surface area contributed by atoms with Crippen LogP contribution in [0.1, 0.15) is 26.2 Å². The van der Waals surface area contributed by atoms with E-state index in [9.17, 15) is 10.1 Å². The molecule has 1 fully saturated rings. The van der Waals surface area contributed by atoms with Crippen LogP contribution < -0.4 is 5.32 Å². The highest BCUT2D eigenvalue weighted by molar-refractivity contribution is 9.10.